The first kappa shape index (κ1) is 18.0. The first-order valence-corrected chi connectivity index (χ1v) is 8.25. The van der Waals surface area contributed by atoms with Crippen molar-refractivity contribution in [1.29, 1.82) is 5.26 Å². The Bertz CT molecular complexity index is 1090. The molecule has 0 atom stereocenters. The van der Waals surface area contributed by atoms with Gasteiger partial charge in [0.1, 0.15) is 11.6 Å². The molecule has 1 N–H and O–H groups in total. The van der Waals surface area contributed by atoms with Gasteiger partial charge in [0.25, 0.3) is 5.91 Å². The third kappa shape index (κ3) is 4.05. The lowest BCUT2D eigenvalue weighted by molar-refractivity contribution is -0.306. The predicted molar refractivity (Wildman–Crippen MR) is 100 cm³/mol. The van der Waals surface area contributed by atoms with Gasteiger partial charge >= 0.3 is 0 Å². The van der Waals surface area contributed by atoms with Gasteiger partial charge in [-0.2, -0.15) is 5.26 Å². The van der Waals surface area contributed by atoms with Crippen molar-refractivity contribution >= 4 is 34.5 Å². The van der Waals surface area contributed by atoms with Crippen LogP contribution in [0, 0.1) is 18.3 Å². The summed E-state index contributed by atoms with van der Waals surface area (Å²) in [4.78, 5) is 23.4. The van der Waals surface area contributed by atoms with Crippen LogP contribution < -0.4 is 10.4 Å². The van der Waals surface area contributed by atoms with E-state index >= 15 is 0 Å². The predicted octanol–water partition coefficient (Wildman–Crippen LogP) is 2.25. The SMILES string of the molecule is Cc1ccc(NC(=O)/C(C#N)=C/c2cn(CC(=O)[O-])c3ccccc23)cc1. The normalized spacial score (nSPS) is 11.2. The Kier molecular flexibility index (Phi) is 5.04. The van der Waals surface area contributed by atoms with Crippen molar-refractivity contribution in [2.24, 2.45) is 0 Å². The van der Waals surface area contributed by atoms with Crippen LogP contribution in [0.1, 0.15) is 11.1 Å². The van der Waals surface area contributed by atoms with Crippen molar-refractivity contribution in [2.45, 2.75) is 13.5 Å². The number of fused-ring (bicyclic) bond motifs is 1. The number of carboxylic acid groups (broad SMARTS) is 1. The fourth-order valence-electron chi connectivity index (χ4n) is 2.80. The molecule has 1 amide bonds. The number of aryl methyl sites for hydroxylation is 1. The largest absolute Gasteiger partial charge is 0.548 e. The van der Waals surface area contributed by atoms with Gasteiger partial charge in [-0.05, 0) is 31.2 Å². The number of nitrogens with zero attached hydrogens (tertiary/aromatic N) is 2. The van der Waals surface area contributed by atoms with Crippen molar-refractivity contribution in [3.05, 3.63) is 71.4 Å². The summed E-state index contributed by atoms with van der Waals surface area (Å²) in [5.41, 5.74) is 2.84. The smallest absolute Gasteiger partial charge is 0.266 e. The van der Waals surface area contributed by atoms with Crippen LogP contribution >= 0.6 is 0 Å². The second kappa shape index (κ2) is 7.58. The van der Waals surface area contributed by atoms with Gasteiger partial charge in [0.15, 0.2) is 0 Å². The summed E-state index contributed by atoms with van der Waals surface area (Å²) in [6.45, 7) is 1.63. The fraction of sp³-hybridized carbons (Fsp3) is 0.0952. The molecule has 0 unspecified atom stereocenters. The highest BCUT2D eigenvalue weighted by atomic mass is 16.4. The first-order valence-electron chi connectivity index (χ1n) is 8.25. The fourth-order valence-corrected chi connectivity index (χ4v) is 2.80. The molecule has 0 saturated heterocycles. The number of hydrogen-bond acceptors (Lipinski definition) is 4. The molecule has 0 aliphatic heterocycles. The number of aromatic nitrogens is 1. The lowest BCUT2D eigenvalue weighted by atomic mass is 10.1. The topological polar surface area (TPSA) is 98.0 Å². The van der Waals surface area contributed by atoms with Gasteiger partial charge in [-0.1, -0.05) is 35.9 Å². The van der Waals surface area contributed by atoms with Crippen molar-refractivity contribution in [2.75, 3.05) is 5.32 Å². The maximum atomic E-state index is 12.4. The average Bonchev–Trinajstić information content (AvgIpc) is 2.98. The number of amides is 1. The molecule has 3 rings (SSSR count). The average molecular weight is 358 g/mol. The van der Waals surface area contributed by atoms with E-state index in [1.54, 1.807) is 42.6 Å². The number of para-hydroxylation sites is 1. The standard InChI is InChI=1S/C21H17N3O3/c1-14-6-8-17(9-7-14)23-21(27)15(11-22)10-16-12-24(13-20(25)26)19-5-3-2-4-18(16)19/h2-10,12H,13H2,1H3,(H,23,27)(H,25,26)/p-1/b15-10+. The van der Waals surface area contributed by atoms with Crippen molar-refractivity contribution in [1.82, 2.24) is 4.57 Å². The summed E-state index contributed by atoms with van der Waals surface area (Å²) < 4.78 is 1.52. The number of carbonyl (C=O) groups excluding carboxylic acids is 2. The van der Waals surface area contributed by atoms with Gasteiger partial charge in [-0.15, -0.1) is 0 Å². The number of nitriles is 1. The monoisotopic (exact) mass is 358 g/mol. The molecule has 0 saturated carbocycles. The molecule has 0 aliphatic carbocycles. The van der Waals surface area contributed by atoms with E-state index in [9.17, 15) is 20.0 Å². The van der Waals surface area contributed by atoms with E-state index in [1.165, 1.54) is 10.6 Å². The molecule has 0 fully saturated rings. The van der Waals surface area contributed by atoms with Gasteiger partial charge in [-0.25, -0.2) is 0 Å². The van der Waals surface area contributed by atoms with Gasteiger partial charge in [0.05, 0.1) is 12.5 Å². The molecule has 0 aliphatic rings. The first-order chi connectivity index (χ1) is 13.0. The lowest BCUT2D eigenvalue weighted by Gasteiger charge is -2.05. The highest BCUT2D eigenvalue weighted by molar-refractivity contribution is 6.10. The lowest BCUT2D eigenvalue weighted by Crippen LogP contribution is -2.27. The molecule has 6 nitrogen and oxygen atoms in total. The van der Waals surface area contributed by atoms with E-state index in [-0.39, 0.29) is 12.1 Å². The van der Waals surface area contributed by atoms with Crippen molar-refractivity contribution < 1.29 is 14.7 Å². The number of aliphatic carboxylic acids is 1. The molecule has 1 heterocycles. The molecule has 0 spiro atoms. The quantitative estimate of drug-likeness (QED) is 0.559. The van der Waals surface area contributed by atoms with E-state index < -0.39 is 11.9 Å². The van der Waals surface area contributed by atoms with Crippen molar-refractivity contribution in [3.63, 3.8) is 0 Å². The highest BCUT2D eigenvalue weighted by Crippen LogP contribution is 2.24. The van der Waals surface area contributed by atoms with E-state index in [0.717, 1.165) is 10.9 Å². The summed E-state index contributed by atoms with van der Waals surface area (Å²) in [5, 5.41) is 23.8. The number of benzene rings is 2. The van der Waals surface area contributed by atoms with Crippen LogP contribution in [-0.4, -0.2) is 16.4 Å². The molecule has 6 heteroatoms. The van der Waals surface area contributed by atoms with E-state index in [0.29, 0.717) is 16.8 Å². The third-order valence-electron chi connectivity index (χ3n) is 4.09. The summed E-state index contributed by atoms with van der Waals surface area (Å²) in [6, 6.07) is 16.3. The Labute approximate surface area is 156 Å². The Morgan fingerprint density at radius 1 is 1.19 bits per heavy atom. The van der Waals surface area contributed by atoms with Crippen LogP contribution in [0.5, 0.6) is 0 Å². The third-order valence-corrected chi connectivity index (χ3v) is 4.09. The van der Waals surface area contributed by atoms with Crippen molar-refractivity contribution in [3.8, 4) is 6.07 Å². The number of carbonyl (C=O) groups is 2. The molecule has 27 heavy (non-hydrogen) atoms. The minimum atomic E-state index is -1.22. The molecule has 0 bridgehead atoms. The Hall–Kier alpha value is -3.85. The Morgan fingerprint density at radius 2 is 1.89 bits per heavy atom. The molecule has 134 valence electrons. The van der Waals surface area contributed by atoms with E-state index in [2.05, 4.69) is 5.32 Å². The van der Waals surface area contributed by atoms with E-state index in [4.69, 9.17) is 0 Å². The number of carboxylic acids is 1. The number of hydrogen-bond donors (Lipinski definition) is 1. The van der Waals surface area contributed by atoms with Gasteiger partial charge in [0, 0.05) is 28.4 Å². The number of rotatable bonds is 5. The second-order valence-electron chi connectivity index (χ2n) is 6.09. The van der Waals surface area contributed by atoms with Gasteiger partial charge in [0.2, 0.25) is 0 Å². The Balaban J connectivity index is 1.95. The molecular weight excluding hydrogens is 342 g/mol. The van der Waals surface area contributed by atoms with Crippen LogP contribution in [0.3, 0.4) is 0 Å². The molecule has 0 radical (unpaired) electrons. The molecule has 1 aromatic heterocycles. The minimum absolute atomic E-state index is 0.0769. The van der Waals surface area contributed by atoms with E-state index in [1.807, 2.05) is 25.1 Å². The number of nitrogens with one attached hydrogen (secondary N) is 1. The summed E-state index contributed by atoms with van der Waals surface area (Å²) in [6.07, 6.45) is 3.05. The van der Waals surface area contributed by atoms with Crippen LogP contribution in [0.25, 0.3) is 17.0 Å². The molecule has 3 aromatic rings. The molecule has 2 aromatic carbocycles. The zero-order valence-corrected chi connectivity index (χ0v) is 14.6. The van der Waals surface area contributed by atoms with Crippen LogP contribution in [0.15, 0.2) is 60.3 Å². The second-order valence-corrected chi connectivity index (χ2v) is 6.09. The zero-order chi connectivity index (χ0) is 19.4. The molecular formula is C21H16N3O3-. The van der Waals surface area contributed by atoms with Gasteiger partial charge < -0.3 is 19.8 Å². The highest BCUT2D eigenvalue weighted by Gasteiger charge is 2.13. The zero-order valence-electron chi connectivity index (χ0n) is 14.6. The summed E-state index contributed by atoms with van der Waals surface area (Å²) in [5.74, 6) is -1.75. The maximum absolute atomic E-state index is 12.4. The maximum Gasteiger partial charge on any atom is 0.266 e. The Morgan fingerprint density at radius 3 is 2.56 bits per heavy atom. The van der Waals surface area contributed by atoms with Crippen LogP contribution in [0.2, 0.25) is 0 Å². The minimum Gasteiger partial charge on any atom is -0.548 e. The summed E-state index contributed by atoms with van der Waals surface area (Å²) >= 11 is 0. The van der Waals surface area contributed by atoms with Gasteiger partial charge in [-0.3, -0.25) is 4.79 Å². The summed E-state index contributed by atoms with van der Waals surface area (Å²) in [7, 11) is 0. The number of anilines is 1. The van der Waals surface area contributed by atoms with Crippen LogP contribution in [0.4, 0.5) is 5.69 Å². The van der Waals surface area contributed by atoms with Crippen LogP contribution in [-0.2, 0) is 16.1 Å².